The Hall–Kier alpha value is -2.60. The molecular weight excluding hydrogens is 376 g/mol. The van der Waals surface area contributed by atoms with Gasteiger partial charge < -0.3 is 14.7 Å². The van der Waals surface area contributed by atoms with Crippen LogP contribution in [0, 0.1) is 5.92 Å². The first-order chi connectivity index (χ1) is 13.6. The molecule has 3 heterocycles. The van der Waals surface area contributed by atoms with E-state index in [1.165, 1.54) is 0 Å². The minimum atomic E-state index is -0.248. The SMILES string of the molecule is O=C1CC(C(=O)N2CCN(c3cccc(Cl)c3)CC2)CN1Cc1cccnc1. The number of carbonyl (C=O) groups is 2. The van der Waals surface area contributed by atoms with Crippen LogP contribution in [0.1, 0.15) is 12.0 Å². The van der Waals surface area contributed by atoms with E-state index >= 15 is 0 Å². The molecule has 0 radical (unpaired) electrons. The second-order valence-electron chi connectivity index (χ2n) is 7.33. The summed E-state index contributed by atoms with van der Waals surface area (Å²) >= 11 is 6.08. The van der Waals surface area contributed by atoms with Crippen molar-refractivity contribution in [1.82, 2.24) is 14.8 Å². The maximum atomic E-state index is 12.9. The minimum absolute atomic E-state index is 0.0415. The van der Waals surface area contributed by atoms with Gasteiger partial charge in [-0.2, -0.15) is 0 Å². The molecule has 0 bridgehead atoms. The smallest absolute Gasteiger partial charge is 0.228 e. The summed E-state index contributed by atoms with van der Waals surface area (Å²) in [6.07, 6.45) is 3.77. The number of aromatic nitrogens is 1. The summed E-state index contributed by atoms with van der Waals surface area (Å²) in [4.78, 5) is 35.3. The molecular formula is C21H23ClN4O2. The van der Waals surface area contributed by atoms with Crippen molar-refractivity contribution in [3.63, 3.8) is 0 Å². The average molecular weight is 399 g/mol. The van der Waals surface area contributed by atoms with E-state index in [-0.39, 0.29) is 17.7 Å². The summed E-state index contributed by atoms with van der Waals surface area (Å²) in [6, 6.07) is 11.6. The lowest BCUT2D eigenvalue weighted by atomic mass is 10.1. The molecule has 0 saturated carbocycles. The molecule has 2 amide bonds. The number of rotatable bonds is 4. The molecule has 2 saturated heterocycles. The third-order valence-electron chi connectivity index (χ3n) is 5.42. The Labute approximate surface area is 169 Å². The molecule has 6 nitrogen and oxygen atoms in total. The van der Waals surface area contributed by atoms with E-state index in [1.807, 2.05) is 41.3 Å². The van der Waals surface area contributed by atoms with E-state index in [0.29, 0.717) is 37.6 Å². The van der Waals surface area contributed by atoms with E-state index < -0.39 is 0 Å². The minimum Gasteiger partial charge on any atom is -0.368 e. The molecule has 0 N–H and O–H groups in total. The van der Waals surface area contributed by atoms with Gasteiger partial charge in [-0.05, 0) is 29.8 Å². The molecule has 1 aromatic carbocycles. The van der Waals surface area contributed by atoms with Crippen LogP contribution in [-0.2, 0) is 16.1 Å². The van der Waals surface area contributed by atoms with Gasteiger partial charge in [0.25, 0.3) is 0 Å². The molecule has 2 aliphatic rings. The monoisotopic (exact) mass is 398 g/mol. The zero-order valence-corrected chi connectivity index (χ0v) is 16.4. The average Bonchev–Trinajstić information content (AvgIpc) is 3.08. The summed E-state index contributed by atoms with van der Waals surface area (Å²) in [5.41, 5.74) is 2.07. The highest BCUT2D eigenvalue weighted by Gasteiger charge is 2.37. The number of benzene rings is 1. The normalized spacial score (nSPS) is 20.0. The van der Waals surface area contributed by atoms with E-state index in [2.05, 4.69) is 9.88 Å². The second kappa shape index (κ2) is 8.19. The van der Waals surface area contributed by atoms with Crippen LogP contribution in [0.3, 0.4) is 0 Å². The number of hydrogen-bond donors (Lipinski definition) is 0. The standard InChI is InChI=1S/C21H23ClN4O2/c22-18-4-1-5-19(12-18)24-7-9-25(10-8-24)21(28)17-11-20(27)26(15-17)14-16-3-2-6-23-13-16/h1-6,12-13,17H,7-11,14-15H2. The van der Waals surface area contributed by atoms with E-state index in [1.54, 1.807) is 17.3 Å². The molecule has 146 valence electrons. The van der Waals surface area contributed by atoms with Gasteiger partial charge in [-0.1, -0.05) is 23.7 Å². The van der Waals surface area contributed by atoms with Crippen LogP contribution < -0.4 is 4.90 Å². The van der Waals surface area contributed by atoms with Gasteiger partial charge in [0.05, 0.1) is 5.92 Å². The Balaban J connectivity index is 1.32. The van der Waals surface area contributed by atoms with E-state index in [4.69, 9.17) is 11.6 Å². The van der Waals surface area contributed by atoms with Gasteiger partial charge in [0.2, 0.25) is 11.8 Å². The van der Waals surface area contributed by atoms with Crippen LogP contribution in [0.25, 0.3) is 0 Å². The fraction of sp³-hybridized carbons (Fsp3) is 0.381. The Morgan fingerprint density at radius 1 is 1.14 bits per heavy atom. The number of pyridine rings is 1. The predicted molar refractivity (Wildman–Crippen MR) is 108 cm³/mol. The highest BCUT2D eigenvalue weighted by molar-refractivity contribution is 6.30. The molecule has 2 aromatic rings. The zero-order chi connectivity index (χ0) is 19.5. The van der Waals surface area contributed by atoms with Crippen molar-refractivity contribution in [2.24, 2.45) is 5.92 Å². The maximum Gasteiger partial charge on any atom is 0.228 e. The highest BCUT2D eigenvalue weighted by Crippen LogP contribution is 2.24. The number of hydrogen-bond acceptors (Lipinski definition) is 4. The van der Waals surface area contributed by atoms with Crippen LogP contribution in [0.4, 0.5) is 5.69 Å². The molecule has 2 aliphatic heterocycles. The van der Waals surface area contributed by atoms with Crippen molar-refractivity contribution < 1.29 is 9.59 Å². The Bertz CT molecular complexity index is 852. The van der Waals surface area contributed by atoms with Crippen LogP contribution in [0.2, 0.25) is 5.02 Å². The third kappa shape index (κ3) is 4.12. The quantitative estimate of drug-likeness (QED) is 0.793. The number of anilines is 1. The Morgan fingerprint density at radius 3 is 2.68 bits per heavy atom. The number of piperazine rings is 1. The lowest BCUT2D eigenvalue weighted by Crippen LogP contribution is -2.50. The van der Waals surface area contributed by atoms with Gasteiger partial charge in [-0.25, -0.2) is 0 Å². The number of likely N-dealkylation sites (tertiary alicyclic amines) is 1. The van der Waals surface area contributed by atoms with Crippen molar-refractivity contribution in [2.75, 3.05) is 37.6 Å². The Kier molecular flexibility index (Phi) is 5.48. The fourth-order valence-electron chi connectivity index (χ4n) is 3.92. The van der Waals surface area contributed by atoms with Gasteiger partial charge in [-0.3, -0.25) is 14.6 Å². The van der Waals surface area contributed by atoms with Crippen LogP contribution >= 0.6 is 11.6 Å². The van der Waals surface area contributed by atoms with Gasteiger partial charge in [0.1, 0.15) is 0 Å². The second-order valence-corrected chi connectivity index (χ2v) is 7.77. The van der Waals surface area contributed by atoms with Gasteiger partial charge in [0, 0.05) is 68.8 Å². The molecule has 0 spiro atoms. The highest BCUT2D eigenvalue weighted by atomic mass is 35.5. The van der Waals surface area contributed by atoms with Crippen molar-refractivity contribution in [2.45, 2.75) is 13.0 Å². The van der Waals surface area contributed by atoms with Gasteiger partial charge in [0.15, 0.2) is 0 Å². The van der Waals surface area contributed by atoms with Gasteiger partial charge in [-0.15, -0.1) is 0 Å². The molecule has 1 aromatic heterocycles. The summed E-state index contributed by atoms with van der Waals surface area (Å²) in [7, 11) is 0. The van der Waals surface area contributed by atoms with Crippen LogP contribution in [-0.4, -0.2) is 59.3 Å². The first-order valence-electron chi connectivity index (χ1n) is 9.56. The topological polar surface area (TPSA) is 56.8 Å². The molecule has 1 atom stereocenters. The zero-order valence-electron chi connectivity index (χ0n) is 15.6. The third-order valence-corrected chi connectivity index (χ3v) is 5.66. The molecule has 4 rings (SSSR count). The van der Waals surface area contributed by atoms with Crippen molar-refractivity contribution in [3.8, 4) is 0 Å². The van der Waals surface area contributed by atoms with Crippen LogP contribution in [0.5, 0.6) is 0 Å². The van der Waals surface area contributed by atoms with Crippen molar-refractivity contribution in [3.05, 3.63) is 59.4 Å². The van der Waals surface area contributed by atoms with Crippen LogP contribution in [0.15, 0.2) is 48.8 Å². The lowest BCUT2D eigenvalue weighted by Gasteiger charge is -2.37. The summed E-state index contributed by atoms with van der Waals surface area (Å²) in [6.45, 7) is 3.87. The summed E-state index contributed by atoms with van der Waals surface area (Å²) < 4.78 is 0. The largest absolute Gasteiger partial charge is 0.368 e. The fourth-order valence-corrected chi connectivity index (χ4v) is 4.10. The molecule has 2 fully saturated rings. The summed E-state index contributed by atoms with van der Waals surface area (Å²) in [5, 5.41) is 0.717. The van der Waals surface area contributed by atoms with E-state index in [0.717, 1.165) is 24.3 Å². The molecule has 1 unspecified atom stereocenters. The number of carbonyl (C=O) groups excluding carboxylic acids is 2. The lowest BCUT2D eigenvalue weighted by molar-refractivity contribution is -0.136. The number of amides is 2. The Morgan fingerprint density at radius 2 is 1.96 bits per heavy atom. The molecule has 0 aliphatic carbocycles. The molecule has 7 heteroatoms. The predicted octanol–water partition coefficient (Wildman–Crippen LogP) is 2.43. The van der Waals surface area contributed by atoms with Crippen molar-refractivity contribution >= 4 is 29.1 Å². The first kappa shape index (κ1) is 18.7. The van der Waals surface area contributed by atoms with E-state index in [9.17, 15) is 9.59 Å². The van der Waals surface area contributed by atoms with Crippen molar-refractivity contribution in [1.29, 1.82) is 0 Å². The number of nitrogens with zero attached hydrogens (tertiary/aromatic N) is 4. The maximum absolute atomic E-state index is 12.9. The molecule has 28 heavy (non-hydrogen) atoms. The first-order valence-corrected chi connectivity index (χ1v) is 9.94. The summed E-state index contributed by atoms with van der Waals surface area (Å²) in [5.74, 6) is -0.116. The number of halogens is 1. The van der Waals surface area contributed by atoms with Gasteiger partial charge >= 0.3 is 0 Å².